The van der Waals surface area contributed by atoms with Crippen LogP contribution in [-0.2, 0) is 23.9 Å². The molecule has 12 nitrogen and oxygen atoms in total. The summed E-state index contributed by atoms with van der Waals surface area (Å²) in [4.78, 5) is 52.2. The SMILES string of the molecule is C[C@]12CC[C@H](OC(=O)CCC(=O)N[C@@H](CCCN=C(N)N)C(=O)O)C[C@H]1CC[C@@H]1[C@@H]2CC[C@]2(C)[C@@H](c3ccc(=O)oc3)C[C@H]3O[C@]132. The normalized spacial score (nSPS) is 37.8. The van der Waals surface area contributed by atoms with Crippen LogP contribution in [0.2, 0.25) is 0 Å². The number of amides is 1. The van der Waals surface area contributed by atoms with Gasteiger partial charge in [0, 0.05) is 24.4 Å². The third-order valence-electron chi connectivity index (χ3n) is 12.6. The number of epoxide rings is 1. The summed E-state index contributed by atoms with van der Waals surface area (Å²) in [5.74, 6) is -0.315. The van der Waals surface area contributed by atoms with Crippen molar-refractivity contribution in [3.05, 3.63) is 34.4 Å². The van der Waals surface area contributed by atoms with Gasteiger partial charge in [-0.15, -0.1) is 0 Å². The Morgan fingerprint density at radius 2 is 1.89 bits per heavy atom. The van der Waals surface area contributed by atoms with Gasteiger partial charge in [-0.05, 0) is 105 Å². The fourth-order valence-corrected chi connectivity index (χ4v) is 10.3. The molecule has 6 rings (SSSR count). The first-order valence-corrected chi connectivity index (χ1v) is 16.9. The van der Waals surface area contributed by atoms with Crippen molar-refractivity contribution in [2.24, 2.45) is 45.0 Å². The van der Waals surface area contributed by atoms with Crippen LogP contribution in [0, 0.1) is 28.6 Å². The number of aliphatic carboxylic acids is 1. The van der Waals surface area contributed by atoms with Gasteiger partial charge in [-0.2, -0.15) is 0 Å². The summed E-state index contributed by atoms with van der Waals surface area (Å²) >= 11 is 0. The fourth-order valence-electron chi connectivity index (χ4n) is 10.3. The lowest BCUT2D eigenvalue weighted by atomic mass is 9.44. The molecule has 10 atom stereocenters. The van der Waals surface area contributed by atoms with Gasteiger partial charge in [-0.3, -0.25) is 14.6 Å². The van der Waals surface area contributed by atoms with Crippen molar-refractivity contribution in [1.82, 2.24) is 5.32 Å². The second kappa shape index (κ2) is 12.3. The minimum absolute atomic E-state index is 0.0129. The molecule has 1 spiro atoms. The van der Waals surface area contributed by atoms with Gasteiger partial charge < -0.3 is 35.8 Å². The lowest BCUT2D eigenvalue weighted by molar-refractivity contribution is -0.165. The van der Waals surface area contributed by atoms with Gasteiger partial charge in [-0.1, -0.05) is 13.8 Å². The Morgan fingerprint density at radius 3 is 2.61 bits per heavy atom. The van der Waals surface area contributed by atoms with Crippen molar-refractivity contribution in [2.75, 3.05) is 6.54 Å². The number of nitrogens with one attached hydrogen (secondary N) is 1. The molecule has 0 unspecified atom stereocenters. The molecule has 5 aliphatic rings. The fraction of sp³-hybridized carbons (Fsp3) is 0.735. The highest BCUT2D eigenvalue weighted by Gasteiger charge is 2.80. The van der Waals surface area contributed by atoms with Crippen molar-refractivity contribution in [1.29, 1.82) is 0 Å². The van der Waals surface area contributed by atoms with Gasteiger partial charge in [0.15, 0.2) is 5.96 Å². The molecule has 1 saturated heterocycles. The molecule has 1 aromatic rings. The number of esters is 1. The molecule has 252 valence electrons. The standard InChI is InChI=1S/C34H48N4O8/c1-32-13-11-21(45-29(41)10-8-27(39)38-25(30(42)43)4-3-15-37-31(35)36)16-20(32)6-7-23-22(32)12-14-33(2)24(17-26-34(23,33)46-26)19-5-9-28(40)44-18-19/h5,9,18,20-26H,3-4,6-8,10-17H2,1-2H3,(H,38,39)(H,42,43)(H4,35,36,37)/t20-,21+,22+,23-,24-,25+,26-,32+,33-,34-/m1/s1. The van der Waals surface area contributed by atoms with Gasteiger partial charge >= 0.3 is 17.6 Å². The quantitative estimate of drug-likeness (QED) is 0.0915. The van der Waals surface area contributed by atoms with E-state index in [0.717, 1.165) is 56.9 Å². The van der Waals surface area contributed by atoms with Crippen molar-refractivity contribution >= 4 is 23.8 Å². The lowest BCUT2D eigenvalue weighted by Crippen LogP contribution is -2.58. The number of carboxylic acids is 1. The zero-order valence-corrected chi connectivity index (χ0v) is 26.9. The maximum absolute atomic E-state index is 12.8. The second-order valence-corrected chi connectivity index (χ2v) is 14.8. The average molecular weight is 641 g/mol. The van der Waals surface area contributed by atoms with Gasteiger partial charge in [0.2, 0.25) is 5.91 Å². The van der Waals surface area contributed by atoms with E-state index < -0.39 is 23.9 Å². The summed E-state index contributed by atoms with van der Waals surface area (Å²) in [7, 11) is 0. The van der Waals surface area contributed by atoms with Crippen LogP contribution in [0.4, 0.5) is 0 Å². The van der Waals surface area contributed by atoms with Crippen LogP contribution >= 0.6 is 0 Å². The highest BCUT2D eigenvalue weighted by atomic mass is 16.6. The van der Waals surface area contributed by atoms with Crippen molar-refractivity contribution < 1.29 is 33.4 Å². The molecule has 0 aromatic carbocycles. The first-order valence-electron chi connectivity index (χ1n) is 16.9. The lowest BCUT2D eigenvalue weighted by Gasteiger charge is -2.61. The van der Waals surface area contributed by atoms with Crippen LogP contribution in [0.5, 0.6) is 0 Å². The molecule has 1 amide bonds. The number of carbonyl (C=O) groups excluding carboxylic acids is 2. The van der Waals surface area contributed by atoms with Crippen LogP contribution in [0.1, 0.15) is 102 Å². The summed E-state index contributed by atoms with van der Waals surface area (Å²) in [5, 5.41) is 11.9. The topological polar surface area (TPSA) is 200 Å². The van der Waals surface area contributed by atoms with Gasteiger partial charge in [-0.25, -0.2) is 9.59 Å². The molecular weight excluding hydrogens is 592 g/mol. The zero-order valence-electron chi connectivity index (χ0n) is 26.9. The third kappa shape index (κ3) is 5.71. The van der Waals surface area contributed by atoms with E-state index in [1.807, 2.05) is 6.07 Å². The number of nitrogens with zero attached hydrogens (tertiary/aromatic N) is 1. The predicted molar refractivity (Wildman–Crippen MR) is 168 cm³/mol. The summed E-state index contributed by atoms with van der Waals surface area (Å²) < 4.78 is 17.8. The molecule has 1 aromatic heterocycles. The average Bonchev–Trinajstić information content (AvgIpc) is 3.67. The minimum Gasteiger partial charge on any atom is -0.480 e. The third-order valence-corrected chi connectivity index (χ3v) is 12.6. The number of rotatable bonds is 11. The first kappa shape index (κ1) is 32.5. The first-order chi connectivity index (χ1) is 21.9. The molecule has 5 fully saturated rings. The molecule has 6 N–H and O–H groups in total. The smallest absolute Gasteiger partial charge is 0.335 e. The number of ether oxygens (including phenoxy) is 2. The number of nitrogens with two attached hydrogens (primary N) is 2. The summed E-state index contributed by atoms with van der Waals surface area (Å²) in [6.07, 6.45) is 10.1. The molecule has 0 radical (unpaired) electrons. The number of fused-ring (bicyclic) bond motifs is 3. The molecule has 1 aliphatic heterocycles. The summed E-state index contributed by atoms with van der Waals surface area (Å²) in [5.41, 5.74) is 11.4. The van der Waals surface area contributed by atoms with E-state index >= 15 is 0 Å². The van der Waals surface area contributed by atoms with Crippen LogP contribution in [0.3, 0.4) is 0 Å². The maximum atomic E-state index is 12.8. The highest BCUT2D eigenvalue weighted by Crippen LogP contribution is 2.78. The Kier molecular flexibility index (Phi) is 8.71. The number of carboxylic acid groups (broad SMARTS) is 1. The van der Waals surface area contributed by atoms with E-state index in [1.54, 1.807) is 6.26 Å². The van der Waals surface area contributed by atoms with Gasteiger partial charge in [0.1, 0.15) is 17.7 Å². The monoisotopic (exact) mass is 640 g/mol. The second-order valence-electron chi connectivity index (χ2n) is 14.8. The zero-order chi connectivity index (χ0) is 32.9. The van der Waals surface area contributed by atoms with E-state index in [4.69, 9.17) is 25.4 Å². The summed E-state index contributed by atoms with van der Waals surface area (Å²) in [6, 6.07) is 2.39. The van der Waals surface area contributed by atoms with Gasteiger partial charge in [0.05, 0.1) is 18.8 Å². The summed E-state index contributed by atoms with van der Waals surface area (Å²) in [6.45, 7) is 5.11. The molecular formula is C34H48N4O8. The van der Waals surface area contributed by atoms with E-state index in [-0.39, 0.29) is 66.0 Å². The molecule has 0 bridgehead atoms. The highest BCUT2D eigenvalue weighted by molar-refractivity contribution is 5.85. The van der Waals surface area contributed by atoms with E-state index in [2.05, 4.69) is 24.2 Å². The molecule has 46 heavy (non-hydrogen) atoms. The molecule has 4 saturated carbocycles. The Bertz CT molecular complexity index is 1420. The molecule has 4 aliphatic carbocycles. The largest absolute Gasteiger partial charge is 0.480 e. The van der Waals surface area contributed by atoms with Crippen molar-refractivity contribution in [3.63, 3.8) is 0 Å². The Hall–Kier alpha value is -3.41. The predicted octanol–water partition coefficient (Wildman–Crippen LogP) is 3.21. The Morgan fingerprint density at radius 1 is 1.09 bits per heavy atom. The number of hydrogen-bond donors (Lipinski definition) is 4. The van der Waals surface area contributed by atoms with Crippen LogP contribution < -0.4 is 22.4 Å². The Labute approximate surface area is 269 Å². The number of guanidine groups is 1. The van der Waals surface area contributed by atoms with Gasteiger partial charge in [0.25, 0.3) is 0 Å². The van der Waals surface area contributed by atoms with Crippen LogP contribution in [0.15, 0.2) is 32.6 Å². The van der Waals surface area contributed by atoms with E-state index in [0.29, 0.717) is 30.1 Å². The van der Waals surface area contributed by atoms with E-state index in [1.165, 1.54) is 6.07 Å². The van der Waals surface area contributed by atoms with Crippen molar-refractivity contribution in [2.45, 2.75) is 121 Å². The Balaban J connectivity index is 1.01. The van der Waals surface area contributed by atoms with Crippen molar-refractivity contribution in [3.8, 4) is 0 Å². The van der Waals surface area contributed by atoms with E-state index in [9.17, 15) is 24.3 Å². The molecule has 2 heterocycles. The maximum Gasteiger partial charge on any atom is 0.335 e. The number of carbonyl (C=O) groups is 3. The molecule has 12 heteroatoms. The van der Waals surface area contributed by atoms with Crippen LogP contribution in [-0.4, -0.2) is 59.3 Å². The number of aliphatic imine (C=N–C) groups is 1. The minimum atomic E-state index is -1.15. The van der Waals surface area contributed by atoms with Crippen LogP contribution in [0.25, 0.3) is 0 Å². The number of hydrogen-bond acceptors (Lipinski definition) is 8.